The van der Waals surface area contributed by atoms with E-state index in [-0.39, 0.29) is 6.09 Å². The molecule has 4 nitrogen and oxygen atoms in total. The summed E-state index contributed by atoms with van der Waals surface area (Å²) in [6.45, 7) is 8.59. The molecule has 2 rings (SSSR count). The average Bonchev–Trinajstić information content (AvgIpc) is 2.33. The predicted molar refractivity (Wildman–Crippen MR) is 71.6 cm³/mol. The zero-order valence-electron chi connectivity index (χ0n) is 11.9. The van der Waals surface area contributed by atoms with Crippen molar-refractivity contribution in [2.24, 2.45) is 5.92 Å². The lowest BCUT2D eigenvalue weighted by molar-refractivity contribution is 0.0125. The van der Waals surface area contributed by atoms with Gasteiger partial charge in [0.1, 0.15) is 5.60 Å². The molecule has 0 unspecified atom stereocenters. The van der Waals surface area contributed by atoms with Crippen molar-refractivity contribution in [2.45, 2.75) is 58.1 Å². The van der Waals surface area contributed by atoms with Crippen LogP contribution in [0, 0.1) is 5.92 Å². The lowest BCUT2D eigenvalue weighted by Gasteiger charge is -2.34. The molecular formula is C14H26N2O2. The van der Waals surface area contributed by atoms with Crippen molar-refractivity contribution < 1.29 is 9.53 Å². The Labute approximate surface area is 110 Å². The zero-order chi connectivity index (χ0) is 13.2. The SMILES string of the molecule is CC(C)(C)OC(=O)N1C[C@@H]2CCCC[C@H]1CNC2. The van der Waals surface area contributed by atoms with E-state index in [1.165, 1.54) is 19.3 Å². The van der Waals surface area contributed by atoms with Gasteiger partial charge in [0.2, 0.25) is 0 Å². The molecule has 1 amide bonds. The monoisotopic (exact) mass is 254 g/mol. The Morgan fingerprint density at radius 3 is 2.67 bits per heavy atom. The zero-order valence-corrected chi connectivity index (χ0v) is 11.9. The molecule has 2 heterocycles. The van der Waals surface area contributed by atoms with Crippen molar-refractivity contribution in [3.8, 4) is 0 Å². The molecule has 0 radical (unpaired) electrons. The number of rotatable bonds is 0. The van der Waals surface area contributed by atoms with Crippen LogP contribution < -0.4 is 5.32 Å². The highest BCUT2D eigenvalue weighted by Gasteiger charge is 2.33. The van der Waals surface area contributed by atoms with Crippen LogP contribution in [0.5, 0.6) is 0 Å². The Hall–Kier alpha value is -0.770. The van der Waals surface area contributed by atoms with E-state index in [1.54, 1.807) is 0 Å². The Bertz CT molecular complexity index is 295. The van der Waals surface area contributed by atoms with E-state index in [4.69, 9.17) is 4.74 Å². The summed E-state index contributed by atoms with van der Waals surface area (Å²) in [6.07, 6.45) is 4.70. The van der Waals surface area contributed by atoms with Gasteiger partial charge in [-0.2, -0.15) is 0 Å². The minimum absolute atomic E-state index is 0.136. The first-order valence-electron chi connectivity index (χ1n) is 7.16. The van der Waals surface area contributed by atoms with E-state index in [9.17, 15) is 4.79 Å². The Morgan fingerprint density at radius 2 is 1.94 bits per heavy atom. The number of hydrogen-bond donors (Lipinski definition) is 1. The molecule has 1 N–H and O–H groups in total. The summed E-state index contributed by atoms with van der Waals surface area (Å²) < 4.78 is 5.54. The fourth-order valence-electron chi connectivity index (χ4n) is 2.86. The van der Waals surface area contributed by atoms with Crippen molar-refractivity contribution >= 4 is 6.09 Å². The number of hydrogen-bond acceptors (Lipinski definition) is 3. The first-order chi connectivity index (χ1) is 8.46. The molecule has 4 heteroatoms. The van der Waals surface area contributed by atoms with E-state index in [0.717, 1.165) is 26.1 Å². The largest absolute Gasteiger partial charge is 0.444 e. The Balaban J connectivity index is 2.07. The maximum atomic E-state index is 12.3. The van der Waals surface area contributed by atoms with Crippen molar-refractivity contribution in [3.63, 3.8) is 0 Å². The number of carbonyl (C=O) groups excluding carboxylic acids is 1. The van der Waals surface area contributed by atoms with Crippen LogP contribution in [0.2, 0.25) is 0 Å². The third-order valence-corrected chi connectivity index (χ3v) is 3.74. The normalized spacial score (nSPS) is 29.4. The molecule has 0 aromatic carbocycles. The molecule has 2 aliphatic heterocycles. The highest BCUT2D eigenvalue weighted by molar-refractivity contribution is 5.68. The van der Waals surface area contributed by atoms with Gasteiger partial charge < -0.3 is 15.0 Å². The third kappa shape index (κ3) is 3.61. The smallest absolute Gasteiger partial charge is 0.410 e. The van der Waals surface area contributed by atoms with Gasteiger partial charge in [-0.15, -0.1) is 0 Å². The summed E-state index contributed by atoms with van der Waals surface area (Å²) in [5.41, 5.74) is -0.402. The van der Waals surface area contributed by atoms with Crippen LogP contribution in [0.3, 0.4) is 0 Å². The number of nitrogens with zero attached hydrogens (tertiary/aromatic N) is 1. The summed E-state index contributed by atoms with van der Waals surface area (Å²) in [6, 6.07) is 0.310. The van der Waals surface area contributed by atoms with Crippen molar-refractivity contribution in [1.29, 1.82) is 0 Å². The summed E-state index contributed by atoms with van der Waals surface area (Å²) >= 11 is 0. The van der Waals surface area contributed by atoms with Crippen molar-refractivity contribution in [2.75, 3.05) is 19.6 Å². The fraction of sp³-hybridized carbons (Fsp3) is 0.929. The fourth-order valence-corrected chi connectivity index (χ4v) is 2.86. The highest BCUT2D eigenvalue weighted by Crippen LogP contribution is 2.24. The molecular weight excluding hydrogens is 228 g/mol. The molecule has 2 bridgehead atoms. The number of fused-ring (bicyclic) bond motifs is 3. The second-order valence-corrected chi connectivity index (χ2v) is 6.60. The van der Waals surface area contributed by atoms with Crippen LogP contribution in [0.1, 0.15) is 46.5 Å². The van der Waals surface area contributed by atoms with Crippen LogP contribution in [0.4, 0.5) is 4.79 Å². The topological polar surface area (TPSA) is 41.6 Å². The molecule has 2 aliphatic rings. The Morgan fingerprint density at radius 1 is 1.22 bits per heavy atom. The molecule has 0 spiro atoms. The highest BCUT2D eigenvalue weighted by atomic mass is 16.6. The molecule has 2 saturated heterocycles. The molecule has 0 saturated carbocycles. The average molecular weight is 254 g/mol. The molecule has 2 fully saturated rings. The standard InChI is InChI=1S/C14H26N2O2/c1-14(2,3)18-13(17)16-10-11-6-4-5-7-12(16)9-15-8-11/h11-12,15H,4-10H2,1-3H3/t11-,12+/m1/s1. The van der Waals surface area contributed by atoms with Gasteiger partial charge in [-0.3, -0.25) is 0 Å². The van der Waals surface area contributed by atoms with E-state index >= 15 is 0 Å². The minimum Gasteiger partial charge on any atom is -0.444 e. The van der Waals surface area contributed by atoms with Gasteiger partial charge in [-0.1, -0.05) is 12.8 Å². The number of nitrogens with one attached hydrogen (secondary N) is 1. The summed E-state index contributed by atoms with van der Waals surface area (Å²) in [5, 5.41) is 3.49. The first-order valence-corrected chi connectivity index (χ1v) is 7.16. The van der Waals surface area contributed by atoms with E-state index in [0.29, 0.717) is 12.0 Å². The summed E-state index contributed by atoms with van der Waals surface area (Å²) in [5.74, 6) is 0.586. The molecule has 18 heavy (non-hydrogen) atoms. The second-order valence-electron chi connectivity index (χ2n) is 6.60. The van der Waals surface area contributed by atoms with Crippen LogP contribution >= 0.6 is 0 Å². The van der Waals surface area contributed by atoms with Gasteiger partial charge in [0.05, 0.1) is 0 Å². The number of carbonyl (C=O) groups is 1. The van der Waals surface area contributed by atoms with Gasteiger partial charge in [0.15, 0.2) is 0 Å². The lowest BCUT2D eigenvalue weighted by Crippen LogP contribution is -2.47. The van der Waals surface area contributed by atoms with Gasteiger partial charge in [0, 0.05) is 19.1 Å². The molecule has 0 aromatic heterocycles. The Kier molecular flexibility index (Phi) is 4.15. The van der Waals surface area contributed by atoms with Crippen LogP contribution in [0.25, 0.3) is 0 Å². The molecule has 0 aliphatic carbocycles. The van der Waals surface area contributed by atoms with E-state index in [1.807, 2.05) is 25.7 Å². The van der Waals surface area contributed by atoms with Crippen LogP contribution in [0.15, 0.2) is 0 Å². The van der Waals surface area contributed by atoms with Crippen molar-refractivity contribution in [1.82, 2.24) is 10.2 Å². The van der Waals surface area contributed by atoms with Crippen LogP contribution in [-0.2, 0) is 4.74 Å². The molecule has 0 aromatic rings. The lowest BCUT2D eigenvalue weighted by atomic mass is 9.97. The third-order valence-electron chi connectivity index (χ3n) is 3.74. The quantitative estimate of drug-likeness (QED) is 0.721. The van der Waals surface area contributed by atoms with Gasteiger partial charge in [-0.25, -0.2) is 4.79 Å². The van der Waals surface area contributed by atoms with Crippen molar-refractivity contribution in [3.05, 3.63) is 0 Å². The van der Waals surface area contributed by atoms with Gasteiger partial charge in [0.25, 0.3) is 0 Å². The van der Waals surface area contributed by atoms with E-state index in [2.05, 4.69) is 5.32 Å². The van der Waals surface area contributed by atoms with Gasteiger partial charge >= 0.3 is 6.09 Å². The van der Waals surface area contributed by atoms with Crippen LogP contribution in [-0.4, -0.2) is 42.3 Å². The second kappa shape index (κ2) is 5.47. The number of amides is 1. The molecule has 104 valence electrons. The van der Waals surface area contributed by atoms with Gasteiger partial charge in [-0.05, 0) is 46.1 Å². The molecule has 2 atom stereocenters. The minimum atomic E-state index is -0.402. The maximum absolute atomic E-state index is 12.3. The summed E-state index contributed by atoms with van der Waals surface area (Å²) in [7, 11) is 0. The number of ether oxygens (including phenoxy) is 1. The summed E-state index contributed by atoms with van der Waals surface area (Å²) in [4.78, 5) is 14.3. The maximum Gasteiger partial charge on any atom is 0.410 e. The predicted octanol–water partition coefficient (Wildman–Crippen LogP) is 2.39. The van der Waals surface area contributed by atoms with E-state index < -0.39 is 5.60 Å². The first kappa shape index (κ1) is 13.7.